The first-order valence-corrected chi connectivity index (χ1v) is 19.9. The Balaban J connectivity index is 1.14. The lowest BCUT2D eigenvalue weighted by atomic mass is 9.89. The number of halogens is 1. The number of anilines is 2. The lowest BCUT2D eigenvalue weighted by Crippen LogP contribution is -2.51. The number of aliphatic hydroxyl groups is 5. The number of unbranched alkanes of at least 4 members (excludes halogenated alkanes) is 1. The van der Waals surface area contributed by atoms with E-state index in [1.54, 1.807) is 0 Å². The van der Waals surface area contributed by atoms with Gasteiger partial charge in [0, 0.05) is 19.5 Å². The van der Waals surface area contributed by atoms with Crippen molar-refractivity contribution < 1.29 is 44.7 Å². The van der Waals surface area contributed by atoms with Crippen LogP contribution in [-0.2, 0) is 27.2 Å². The van der Waals surface area contributed by atoms with Crippen molar-refractivity contribution in [1.82, 2.24) is 30.8 Å². The molecular formula is C40H56ClN9O9. The maximum Gasteiger partial charge on any atom is 0.328 e. The van der Waals surface area contributed by atoms with Crippen LogP contribution in [0, 0.1) is 11.3 Å². The van der Waals surface area contributed by atoms with Crippen molar-refractivity contribution >= 4 is 47.0 Å². The Morgan fingerprint density at radius 3 is 2.08 bits per heavy atom. The molecule has 19 heteroatoms. The molecule has 1 aliphatic rings. The third-order valence-electron chi connectivity index (χ3n) is 10.3. The summed E-state index contributed by atoms with van der Waals surface area (Å²) in [5.74, 6) is -1.88. The molecule has 0 radical (unpaired) electrons. The summed E-state index contributed by atoms with van der Waals surface area (Å²) in [6.07, 6.45) is -1.34. The van der Waals surface area contributed by atoms with Crippen LogP contribution >= 0.6 is 11.6 Å². The van der Waals surface area contributed by atoms with Gasteiger partial charge in [-0.25, -0.2) is 14.8 Å². The number of aryl methyl sites for hydroxylation is 2. The number of rotatable bonds is 20. The number of nitrogens with one attached hydrogen (secondary N) is 4. The second-order valence-electron chi connectivity index (χ2n) is 14.7. The molecule has 0 aliphatic carbocycles. The number of piperidine rings is 1. The van der Waals surface area contributed by atoms with Gasteiger partial charge < -0.3 is 57.3 Å². The number of hydrogen-bond donors (Lipinski definition) is 11. The first-order chi connectivity index (χ1) is 28.2. The molecule has 322 valence electrons. The zero-order chi connectivity index (χ0) is 43.1. The van der Waals surface area contributed by atoms with Gasteiger partial charge in [-0.3, -0.25) is 20.3 Å². The largest absolute Gasteiger partial charge is 0.467 e. The number of nitrogen functional groups attached to an aromatic ring is 2. The van der Waals surface area contributed by atoms with E-state index in [9.17, 15) is 34.8 Å². The number of nitrogens with two attached hydrogens (primary N) is 2. The lowest BCUT2D eigenvalue weighted by molar-refractivity contribution is -0.145. The van der Waals surface area contributed by atoms with Gasteiger partial charge in [0.15, 0.2) is 28.4 Å². The molecule has 1 fully saturated rings. The molecule has 4 rings (SSSR count). The number of guanidine groups is 1. The van der Waals surface area contributed by atoms with Gasteiger partial charge in [0.1, 0.15) is 24.4 Å². The fourth-order valence-corrected chi connectivity index (χ4v) is 6.90. The van der Waals surface area contributed by atoms with Crippen molar-refractivity contribution in [2.24, 2.45) is 5.92 Å². The van der Waals surface area contributed by atoms with Crippen LogP contribution in [0.4, 0.5) is 11.6 Å². The summed E-state index contributed by atoms with van der Waals surface area (Å²) in [6, 6.07) is 15.4. The molecule has 1 saturated heterocycles. The Bertz CT molecular complexity index is 1850. The summed E-state index contributed by atoms with van der Waals surface area (Å²) in [6.45, 7) is 0.907. The van der Waals surface area contributed by atoms with E-state index in [-0.39, 0.29) is 53.2 Å². The Morgan fingerprint density at radius 1 is 0.898 bits per heavy atom. The fraction of sp³-hybridized carbons (Fsp3) is 0.500. The number of likely N-dealkylation sites (tertiary alicyclic amines) is 1. The summed E-state index contributed by atoms with van der Waals surface area (Å²) in [5, 5.41) is 64.8. The van der Waals surface area contributed by atoms with Gasteiger partial charge in [-0.05, 0) is 86.2 Å². The van der Waals surface area contributed by atoms with Crippen LogP contribution in [0.3, 0.4) is 0 Å². The highest BCUT2D eigenvalue weighted by molar-refractivity contribution is 6.31. The molecular weight excluding hydrogens is 786 g/mol. The lowest BCUT2D eigenvalue weighted by Gasteiger charge is -2.35. The summed E-state index contributed by atoms with van der Waals surface area (Å²) >= 11 is 5.82. The topological polar surface area (TPSA) is 303 Å². The third-order valence-corrected chi connectivity index (χ3v) is 10.6. The highest BCUT2D eigenvalue weighted by Crippen LogP contribution is 2.25. The van der Waals surface area contributed by atoms with Crippen LogP contribution in [0.15, 0.2) is 48.5 Å². The molecule has 0 bridgehead atoms. The summed E-state index contributed by atoms with van der Waals surface area (Å²) in [7, 11) is 1.28. The Hall–Kier alpha value is -4.95. The molecule has 0 spiro atoms. The number of benzene rings is 2. The summed E-state index contributed by atoms with van der Waals surface area (Å²) < 4.78 is 4.98. The van der Waals surface area contributed by atoms with E-state index in [1.165, 1.54) is 7.11 Å². The Morgan fingerprint density at radius 2 is 1.49 bits per heavy atom. The molecule has 5 atom stereocenters. The van der Waals surface area contributed by atoms with Crippen LogP contribution in [0.2, 0.25) is 5.15 Å². The van der Waals surface area contributed by atoms with Crippen molar-refractivity contribution in [3.8, 4) is 11.1 Å². The summed E-state index contributed by atoms with van der Waals surface area (Å²) in [5.41, 5.74) is 15.2. The average molecular weight is 842 g/mol. The molecule has 2 heterocycles. The van der Waals surface area contributed by atoms with Gasteiger partial charge in [0.05, 0.1) is 19.8 Å². The standard InChI is InChI=1S/C40H56ClN9O9/c1-59-39(58)28(20-25-15-18-50(19-16-25)21-29(52)33(55)34(56)30(53)22-51)46-31(54)14-9-24-7-12-27(13-8-24)26-10-5-23(6-11-26)4-2-3-17-45-40(44)49-38(57)32-36(42)48-37(43)35(41)47-32/h5-8,10-13,25,28-30,33-34,51-53,55-56H,2-4,9,14-22H2,1H3,(H,46,54)(H4,42,43,48)(H3,44,45,49,57)/t28-,29-,30+,33+,34+/m0/s1. The van der Waals surface area contributed by atoms with Crippen molar-refractivity contribution in [2.45, 2.75) is 81.8 Å². The highest BCUT2D eigenvalue weighted by Gasteiger charge is 2.33. The van der Waals surface area contributed by atoms with Gasteiger partial charge in [-0.15, -0.1) is 0 Å². The second-order valence-corrected chi connectivity index (χ2v) is 15.0. The smallest absolute Gasteiger partial charge is 0.328 e. The van der Waals surface area contributed by atoms with Gasteiger partial charge >= 0.3 is 5.97 Å². The number of hydrogen-bond acceptors (Lipinski definition) is 15. The number of carbonyl (C=O) groups is 3. The minimum Gasteiger partial charge on any atom is -0.467 e. The molecule has 1 aliphatic heterocycles. The zero-order valence-electron chi connectivity index (χ0n) is 33.0. The fourth-order valence-electron chi connectivity index (χ4n) is 6.78. The van der Waals surface area contributed by atoms with Crippen LogP contribution < -0.4 is 27.4 Å². The minimum absolute atomic E-state index is 0.0627. The van der Waals surface area contributed by atoms with E-state index in [2.05, 4.69) is 50.2 Å². The van der Waals surface area contributed by atoms with E-state index in [0.717, 1.165) is 41.5 Å². The highest BCUT2D eigenvalue weighted by atomic mass is 35.5. The predicted octanol–water partition coefficient (Wildman–Crippen LogP) is 0.367. The van der Waals surface area contributed by atoms with E-state index < -0.39 is 48.9 Å². The number of methoxy groups -OCH3 is 1. The maximum atomic E-state index is 13.0. The van der Waals surface area contributed by atoms with Crippen LogP contribution in [0.5, 0.6) is 0 Å². The molecule has 3 aromatic rings. The molecule has 2 amide bonds. The summed E-state index contributed by atoms with van der Waals surface area (Å²) in [4.78, 5) is 47.4. The van der Waals surface area contributed by atoms with Crippen molar-refractivity contribution in [3.05, 3.63) is 70.5 Å². The molecule has 13 N–H and O–H groups in total. The van der Waals surface area contributed by atoms with Crippen molar-refractivity contribution in [3.63, 3.8) is 0 Å². The number of nitrogens with zero attached hydrogens (tertiary/aromatic N) is 3. The first kappa shape index (κ1) is 46.7. The number of esters is 1. The number of β-amino-alcohol motifs (C(OH)–C–C–N with tert-alkyl or cyclic N) is 1. The van der Waals surface area contributed by atoms with E-state index in [4.69, 9.17) is 38.3 Å². The van der Waals surface area contributed by atoms with Gasteiger partial charge in [-0.2, -0.15) is 0 Å². The second kappa shape index (κ2) is 23.0. The third kappa shape index (κ3) is 14.4. The number of aliphatic hydroxyl groups excluding tert-OH is 5. The monoisotopic (exact) mass is 841 g/mol. The van der Waals surface area contributed by atoms with E-state index in [1.807, 2.05) is 29.2 Å². The normalized spacial score (nSPS) is 16.0. The first-order valence-electron chi connectivity index (χ1n) is 19.5. The maximum absolute atomic E-state index is 13.0. The number of aromatic nitrogens is 2. The molecule has 2 aromatic carbocycles. The molecule has 1 aromatic heterocycles. The van der Waals surface area contributed by atoms with Gasteiger partial charge in [0.2, 0.25) is 5.91 Å². The number of carbonyl (C=O) groups excluding carboxylic acids is 3. The van der Waals surface area contributed by atoms with Crippen molar-refractivity contribution in [2.75, 3.05) is 51.4 Å². The number of amides is 2. The van der Waals surface area contributed by atoms with Crippen LogP contribution in [0.25, 0.3) is 11.1 Å². The minimum atomic E-state index is -1.68. The quantitative estimate of drug-likeness (QED) is 0.0317. The molecule has 18 nitrogen and oxygen atoms in total. The average Bonchev–Trinajstić information content (AvgIpc) is 3.23. The van der Waals surface area contributed by atoms with Crippen LogP contribution in [-0.4, -0.2) is 134 Å². The zero-order valence-corrected chi connectivity index (χ0v) is 33.8. The molecule has 59 heavy (non-hydrogen) atoms. The molecule has 0 unspecified atom stereocenters. The number of ether oxygens (including phenoxy) is 1. The van der Waals surface area contributed by atoms with Crippen molar-refractivity contribution in [1.29, 1.82) is 5.41 Å². The van der Waals surface area contributed by atoms with E-state index >= 15 is 0 Å². The predicted molar refractivity (Wildman–Crippen MR) is 221 cm³/mol. The SMILES string of the molecule is COC(=O)[C@H](CC1CCN(C[C@H](O)[C@@H](O)[C@H](O)[C@H](O)CO)CC1)NC(=O)CCc1ccc(-c2ccc(CCCCNC(=N)NC(=O)c3nc(Cl)c(N)nc3N)cc2)cc1. The van der Waals surface area contributed by atoms with Gasteiger partial charge in [-0.1, -0.05) is 60.1 Å². The Labute approximate surface area is 347 Å². The Kier molecular flexibility index (Phi) is 18.2. The molecule has 0 saturated carbocycles. The van der Waals surface area contributed by atoms with E-state index in [0.29, 0.717) is 45.3 Å². The van der Waals surface area contributed by atoms with Crippen LogP contribution in [0.1, 0.15) is 60.1 Å². The van der Waals surface area contributed by atoms with Gasteiger partial charge in [0.25, 0.3) is 5.91 Å².